The molecule has 0 unspecified atom stereocenters. The molecule has 0 aliphatic heterocycles. The highest BCUT2D eigenvalue weighted by atomic mass is 16.6. The van der Waals surface area contributed by atoms with Crippen molar-refractivity contribution in [3.8, 4) is 0 Å². The fraction of sp³-hybridized carbons (Fsp3) is 0.296. The molecule has 0 fully saturated rings. The molecule has 0 spiro atoms. The zero-order valence-corrected chi connectivity index (χ0v) is 22.1. The second kappa shape index (κ2) is 9.02. The molecule has 0 saturated carbocycles. The first-order valence-corrected chi connectivity index (χ1v) is 12.1. The number of ether oxygens (including phenoxy) is 1. The maximum absolute atomic E-state index is 13.8. The Bertz CT molecular complexity index is 1820. The number of carbonyl (C=O) groups excluding carboxylic acids is 1. The molecule has 38 heavy (non-hydrogen) atoms. The fourth-order valence-corrected chi connectivity index (χ4v) is 4.57. The van der Waals surface area contributed by atoms with Crippen LogP contribution in [0.2, 0.25) is 0 Å². The van der Waals surface area contributed by atoms with Crippen molar-refractivity contribution < 1.29 is 9.53 Å². The normalized spacial score (nSPS) is 11.8. The van der Waals surface area contributed by atoms with E-state index in [0.717, 1.165) is 21.2 Å². The largest absolute Gasteiger partial charge is 0.443 e. The average molecular weight is 516 g/mol. The van der Waals surface area contributed by atoms with E-state index in [1.54, 1.807) is 64.0 Å². The quantitative estimate of drug-likeness (QED) is 0.388. The van der Waals surface area contributed by atoms with E-state index >= 15 is 0 Å². The van der Waals surface area contributed by atoms with E-state index in [2.05, 4.69) is 15.3 Å². The summed E-state index contributed by atoms with van der Waals surface area (Å²) in [6.07, 6.45) is 2.70. The van der Waals surface area contributed by atoms with Crippen molar-refractivity contribution in [3.05, 3.63) is 80.9 Å². The van der Waals surface area contributed by atoms with Crippen molar-refractivity contribution >= 4 is 39.8 Å². The number of rotatable bonds is 4. The SMILES string of the molecule is Cc1c(Cn2c(=O)c3c(nc(Nc4ccncc4)n3C)n(C)c2=O)n(C(=O)OC(C)(C)C)c2ccccc12. The molecule has 1 N–H and O–H groups in total. The molecule has 11 heteroatoms. The molecule has 0 aliphatic rings. The zero-order chi connectivity index (χ0) is 27.4. The molecular formula is C27H29N7O4. The molecule has 1 aromatic carbocycles. The van der Waals surface area contributed by atoms with Crippen LogP contribution < -0.4 is 16.6 Å². The molecule has 5 aromatic rings. The van der Waals surface area contributed by atoms with Gasteiger partial charge in [0.1, 0.15) is 5.60 Å². The van der Waals surface area contributed by atoms with Crippen LogP contribution in [0.5, 0.6) is 0 Å². The third-order valence-electron chi connectivity index (χ3n) is 6.43. The van der Waals surface area contributed by atoms with Crippen molar-refractivity contribution in [3.63, 3.8) is 0 Å². The van der Waals surface area contributed by atoms with Crippen LogP contribution in [0.4, 0.5) is 16.4 Å². The molecule has 4 heterocycles. The van der Waals surface area contributed by atoms with Crippen molar-refractivity contribution in [1.82, 2.24) is 28.2 Å². The van der Waals surface area contributed by atoms with Crippen LogP contribution >= 0.6 is 0 Å². The number of fused-ring (bicyclic) bond motifs is 2. The van der Waals surface area contributed by atoms with Crippen molar-refractivity contribution in [1.29, 1.82) is 0 Å². The summed E-state index contributed by atoms with van der Waals surface area (Å²) in [6.45, 7) is 7.11. The number of aromatic nitrogens is 6. The third kappa shape index (κ3) is 4.15. The van der Waals surface area contributed by atoms with Crippen LogP contribution in [0, 0.1) is 6.92 Å². The highest BCUT2D eigenvalue weighted by Gasteiger charge is 2.26. The monoisotopic (exact) mass is 515 g/mol. The first kappa shape index (κ1) is 25.0. The highest BCUT2D eigenvalue weighted by molar-refractivity contribution is 5.93. The van der Waals surface area contributed by atoms with E-state index < -0.39 is 22.9 Å². The molecule has 4 aromatic heterocycles. The number of aryl methyl sites for hydroxylation is 3. The van der Waals surface area contributed by atoms with E-state index in [1.165, 1.54) is 9.13 Å². The Morgan fingerprint density at radius 3 is 2.39 bits per heavy atom. The minimum atomic E-state index is -0.730. The Kier molecular flexibility index (Phi) is 5.93. The Morgan fingerprint density at radius 1 is 1.03 bits per heavy atom. The third-order valence-corrected chi connectivity index (χ3v) is 6.43. The number of anilines is 2. The van der Waals surface area contributed by atoms with Crippen LogP contribution in [0.3, 0.4) is 0 Å². The van der Waals surface area contributed by atoms with E-state index in [9.17, 15) is 14.4 Å². The minimum absolute atomic E-state index is 0.125. The number of nitrogens with one attached hydrogen (secondary N) is 1. The van der Waals surface area contributed by atoms with Crippen LogP contribution in [-0.4, -0.2) is 39.9 Å². The molecular weight excluding hydrogens is 486 g/mol. The van der Waals surface area contributed by atoms with Gasteiger partial charge in [0.15, 0.2) is 11.2 Å². The molecule has 0 bridgehead atoms. The summed E-state index contributed by atoms with van der Waals surface area (Å²) in [6, 6.07) is 11.0. The number of nitrogens with zero attached hydrogens (tertiary/aromatic N) is 6. The summed E-state index contributed by atoms with van der Waals surface area (Å²) in [5, 5.41) is 4.00. The van der Waals surface area contributed by atoms with Gasteiger partial charge in [0.25, 0.3) is 5.56 Å². The lowest BCUT2D eigenvalue weighted by atomic mass is 10.1. The van der Waals surface area contributed by atoms with Gasteiger partial charge in [-0.2, -0.15) is 4.98 Å². The number of imidazole rings is 1. The first-order chi connectivity index (χ1) is 18.0. The van der Waals surface area contributed by atoms with Gasteiger partial charge in [-0.25, -0.2) is 14.2 Å². The van der Waals surface area contributed by atoms with Gasteiger partial charge in [-0.1, -0.05) is 18.2 Å². The van der Waals surface area contributed by atoms with Gasteiger partial charge < -0.3 is 14.6 Å². The van der Waals surface area contributed by atoms with E-state index in [4.69, 9.17) is 4.74 Å². The Morgan fingerprint density at radius 2 is 1.71 bits per heavy atom. The lowest BCUT2D eigenvalue weighted by Gasteiger charge is -2.21. The van der Waals surface area contributed by atoms with Gasteiger partial charge in [0.05, 0.1) is 17.8 Å². The number of para-hydroxylation sites is 1. The minimum Gasteiger partial charge on any atom is -0.443 e. The van der Waals surface area contributed by atoms with Gasteiger partial charge in [-0.15, -0.1) is 0 Å². The summed E-state index contributed by atoms with van der Waals surface area (Å²) in [4.78, 5) is 49.0. The summed E-state index contributed by atoms with van der Waals surface area (Å²) >= 11 is 0. The number of pyridine rings is 1. The maximum Gasteiger partial charge on any atom is 0.419 e. The predicted molar refractivity (Wildman–Crippen MR) is 145 cm³/mol. The van der Waals surface area contributed by atoms with E-state index in [-0.39, 0.29) is 17.7 Å². The van der Waals surface area contributed by atoms with Crippen LogP contribution in [0.25, 0.3) is 22.1 Å². The van der Waals surface area contributed by atoms with Crippen molar-refractivity contribution in [2.75, 3.05) is 5.32 Å². The Labute approximate surface area is 217 Å². The standard InChI is InChI=1S/C27H29N7O4/c1-16-18-9-7-8-10-19(18)34(26(37)38-27(2,3)4)20(16)15-33-23(35)21-22(32(6)25(33)36)30-24(31(21)5)29-17-11-13-28-14-12-17/h7-14H,15H2,1-6H3,(H,28,29,30). The number of hydrogen-bond donors (Lipinski definition) is 1. The molecule has 0 saturated heterocycles. The van der Waals surface area contributed by atoms with Gasteiger partial charge in [0, 0.05) is 37.6 Å². The summed E-state index contributed by atoms with van der Waals surface area (Å²) in [5.41, 5.74) is 1.37. The first-order valence-electron chi connectivity index (χ1n) is 12.1. The average Bonchev–Trinajstić information content (AvgIpc) is 3.34. The maximum atomic E-state index is 13.8. The predicted octanol–water partition coefficient (Wildman–Crippen LogP) is 3.67. The van der Waals surface area contributed by atoms with Crippen molar-refractivity contribution in [2.24, 2.45) is 14.1 Å². The van der Waals surface area contributed by atoms with Crippen molar-refractivity contribution in [2.45, 2.75) is 39.8 Å². The summed E-state index contributed by atoms with van der Waals surface area (Å²) in [7, 11) is 3.28. The van der Waals surface area contributed by atoms with E-state index in [1.807, 2.05) is 31.2 Å². The van der Waals surface area contributed by atoms with Gasteiger partial charge in [-0.05, 0) is 51.5 Å². The van der Waals surface area contributed by atoms with E-state index in [0.29, 0.717) is 17.2 Å². The van der Waals surface area contributed by atoms with Crippen LogP contribution in [0.15, 0.2) is 58.4 Å². The number of benzene rings is 1. The molecule has 0 radical (unpaired) electrons. The molecule has 5 rings (SSSR count). The van der Waals surface area contributed by atoms with Gasteiger partial charge in [0.2, 0.25) is 5.95 Å². The smallest absolute Gasteiger partial charge is 0.419 e. The van der Waals surface area contributed by atoms with Crippen LogP contribution in [0.1, 0.15) is 32.0 Å². The lowest BCUT2D eigenvalue weighted by molar-refractivity contribution is 0.0539. The summed E-state index contributed by atoms with van der Waals surface area (Å²) in [5.74, 6) is 0.398. The number of hydrogen-bond acceptors (Lipinski definition) is 7. The molecule has 11 nitrogen and oxygen atoms in total. The Balaban J connectivity index is 1.68. The molecule has 0 amide bonds. The second-order valence-electron chi connectivity index (χ2n) is 10.2. The second-order valence-corrected chi connectivity index (χ2v) is 10.2. The summed E-state index contributed by atoms with van der Waals surface area (Å²) < 4.78 is 11.2. The molecule has 0 aliphatic carbocycles. The molecule has 0 atom stereocenters. The highest BCUT2D eigenvalue weighted by Crippen LogP contribution is 2.27. The fourth-order valence-electron chi connectivity index (χ4n) is 4.57. The lowest BCUT2D eigenvalue weighted by Crippen LogP contribution is -2.40. The zero-order valence-electron chi connectivity index (χ0n) is 22.1. The number of carbonyl (C=O) groups is 1. The topological polar surface area (TPSA) is 118 Å². The van der Waals surface area contributed by atoms with Crippen LogP contribution in [-0.2, 0) is 25.4 Å². The van der Waals surface area contributed by atoms with Gasteiger partial charge in [-0.3, -0.25) is 18.9 Å². The molecule has 196 valence electrons. The van der Waals surface area contributed by atoms with Gasteiger partial charge >= 0.3 is 11.8 Å². The Hall–Kier alpha value is -4.67.